The normalized spacial score (nSPS) is 12.3. The van der Waals surface area contributed by atoms with Crippen LogP contribution in [0.1, 0.15) is 22.1 Å². The first-order chi connectivity index (χ1) is 7.29. The van der Waals surface area contributed by atoms with E-state index in [0.29, 0.717) is 5.69 Å². The minimum Gasteiger partial charge on any atom is -0.359 e. The molecule has 2 aromatic rings. The smallest absolute Gasteiger partial charge is 0.200 e. The van der Waals surface area contributed by atoms with Gasteiger partial charge in [0.1, 0.15) is 0 Å². The Hall–Kier alpha value is -1.87. The second kappa shape index (κ2) is 4.11. The number of nitrogens with one attached hydrogen (secondary N) is 1. The van der Waals surface area contributed by atoms with E-state index in [1.807, 2.05) is 30.3 Å². The first-order valence-corrected chi connectivity index (χ1v) is 4.77. The molecule has 0 aliphatic rings. The number of hydrogen-bond donors (Lipinski definition) is 2. The molecular weight excluding hydrogens is 188 g/mol. The van der Waals surface area contributed by atoms with Gasteiger partial charge in [-0.2, -0.15) is 0 Å². The van der Waals surface area contributed by atoms with E-state index < -0.39 is 6.04 Å². The third-order valence-corrected chi connectivity index (χ3v) is 2.30. The third-order valence-electron chi connectivity index (χ3n) is 2.30. The van der Waals surface area contributed by atoms with Crippen LogP contribution in [0.2, 0.25) is 0 Å². The van der Waals surface area contributed by atoms with Crippen LogP contribution in [0.3, 0.4) is 0 Å². The number of rotatable bonds is 3. The summed E-state index contributed by atoms with van der Waals surface area (Å²) in [6, 6.07) is 12.3. The van der Waals surface area contributed by atoms with Crippen molar-refractivity contribution in [2.75, 3.05) is 0 Å². The second-order valence-corrected chi connectivity index (χ2v) is 3.34. The molecule has 0 bridgehead atoms. The van der Waals surface area contributed by atoms with E-state index in [4.69, 9.17) is 5.73 Å². The van der Waals surface area contributed by atoms with E-state index in [-0.39, 0.29) is 5.78 Å². The summed E-state index contributed by atoms with van der Waals surface area (Å²) in [6.07, 6.45) is 1.71. The lowest BCUT2D eigenvalue weighted by Gasteiger charge is -2.09. The molecule has 1 aromatic heterocycles. The predicted octanol–water partition coefficient (Wildman–Crippen LogP) is 1.90. The monoisotopic (exact) mass is 200 g/mol. The quantitative estimate of drug-likeness (QED) is 0.743. The summed E-state index contributed by atoms with van der Waals surface area (Å²) in [5.74, 6) is -0.0915. The van der Waals surface area contributed by atoms with Gasteiger partial charge in [-0.25, -0.2) is 0 Å². The van der Waals surface area contributed by atoms with Gasteiger partial charge in [-0.1, -0.05) is 30.3 Å². The van der Waals surface area contributed by atoms with Crippen molar-refractivity contribution in [3.8, 4) is 0 Å². The van der Waals surface area contributed by atoms with Gasteiger partial charge in [-0.3, -0.25) is 4.79 Å². The number of nitrogens with two attached hydrogens (primary N) is 1. The molecule has 3 N–H and O–H groups in total. The summed E-state index contributed by atoms with van der Waals surface area (Å²) in [4.78, 5) is 14.7. The number of carbonyl (C=O) groups is 1. The number of Topliss-reactive ketones (excluding diaryl/α,β-unsaturated/α-hetero) is 1. The molecule has 15 heavy (non-hydrogen) atoms. The van der Waals surface area contributed by atoms with Crippen molar-refractivity contribution in [1.82, 2.24) is 4.98 Å². The van der Waals surface area contributed by atoms with Crippen molar-refractivity contribution in [3.63, 3.8) is 0 Å². The van der Waals surface area contributed by atoms with Crippen molar-refractivity contribution < 1.29 is 4.79 Å². The van der Waals surface area contributed by atoms with E-state index in [9.17, 15) is 4.79 Å². The molecule has 3 heteroatoms. The van der Waals surface area contributed by atoms with Gasteiger partial charge < -0.3 is 10.7 Å². The van der Waals surface area contributed by atoms with Crippen molar-refractivity contribution in [2.45, 2.75) is 6.04 Å². The van der Waals surface area contributed by atoms with E-state index in [0.717, 1.165) is 5.56 Å². The van der Waals surface area contributed by atoms with Gasteiger partial charge in [0, 0.05) is 6.20 Å². The lowest BCUT2D eigenvalue weighted by Crippen LogP contribution is -2.21. The van der Waals surface area contributed by atoms with Crippen LogP contribution in [0.5, 0.6) is 0 Å². The zero-order valence-electron chi connectivity index (χ0n) is 8.18. The number of aromatic amines is 1. The number of benzene rings is 1. The van der Waals surface area contributed by atoms with Gasteiger partial charge in [0.25, 0.3) is 0 Å². The largest absolute Gasteiger partial charge is 0.359 e. The molecule has 0 amide bonds. The molecule has 0 spiro atoms. The number of H-pyrrole nitrogens is 1. The Labute approximate surface area is 87.9 Å². The van der Waals surface area contributed by atoms with Crippen molar-refractivity contribution in [2.24, 2.45) is 5.73 Å². The fourth-order valence-electron chi connectivity index (χ4n) is 1.46. The molecule has 76 valence electrons. The predicted molar refractivity (Wildman–Crippen MR) is 58.5 cm³/mol. The van der Waals surface area contributed by atoms with Crippen LogP contribution in [0.4, 0.5) is 0 Å². The average Bonchev–Trinajstić information content (AvgIpc) is 2.82. The maximum atomic E-state index is 11.8. The Balaban J connectivity index is 2.23. The molecule has 0 aliphatic heterocycles. The topological polar surface area (TPSA) is 58.9 Å². The van der Waals surface area contributed by atoms with Crippen LogP contribution < -0.4 is 5.73 Å². The summed E-state index contributed by atoms with van der Waals surface area (Å²) in [5, 5.41) is 0. The lowest BCUT2D eigenvalue weighted by molar-refractivity contribution is 0.0957. The minimum atomic E-state index is -0.593. The zero-order chi connectivity index (χ0) is 10.7. The first kappa shape index (κ1) is 9.68. The Morgan fingerprint density at radius 3 is 2.47 bits per heavy atom. The Kier molecular flexibility index (Phi) is 2.65. The molecule has 1 aromatic carbocycles. The van der Waals surface area contributed by atoms with E-state index in [1.165, 1.54) is 0 Å². The minimum absolute atomic E-state index is 0.0915. The summed E-state index contributed by atoms with van der Waals surface area (Å²) in [6.45, 7) is 0. The van der Waals surface area contributed by atoms with Crippen LogP contribution in [0.15, 0.2) is 48.7 Å². The molecule has 0 unspecified atom stereocenters. The van der Waals surface area contributed by atoms with E-state index in [1.54, 1.807) is 18.3 Å². The standard InChI is InChI=1S/C12H12N2O/c13-11(9-5-2-1-3-6-9)12(15)10-7-4-8-14-10/h1-8,11,14H,13H2/t11-/m1/s1. The highest BCUT2D eigenvalue weighted by Crippen LogP contribution is 2.14. The molecule has 0 saturated heterocycles. The van der Waals surface area contributed by atoms with E-state index in [2.05, 4.69) is 4.98 Å². The van der Waals surface area contributed by atoms with Crippen molar-refractivity contribution in [1.29, 1.82) is 0 Å². The molecule has 0 saturated carbocycles. The number of carbonyl (C=O) groups excluding carboxylic acids is 1. The van der Waals surface area contributed by atoms with Gasteiger partial charge >= 0.3 is 0 Å². The number of ketones is 1. The first-order valence-electron chi connectivity index (χ1n) is 4.77. The summed E-state index contributed by atoms with van der Waals surface area (Å²) in [5.41, 5.74) is 7.24. The molecule has 0 radical (unpaired) electrons. The highest BCUT2D eigenvalue weighted by Gasteiger charge is 2.17. The molecule has 1 heterocycles. The van der Waals surface area contributed by atoms with E-state index >= 15 is 0 Å². The second-order valence-electron chi connectivity index (χ2n) is 3.34. The number of hydrogen-bond acceptors (Lipinski definition) is 2. The van der Waals surface area contributed by atoms with Crippen LogP contribution in [-0.2, 0) is 0 Å². The van der Waals surface area contributed by atoms with Crippen molar-refractivity contribution >= 4 is 5.78 Å². The fourth-order valence-corrected chi connectivity index (χ4v) is 1.46. The van der Waals surface area contributed by atoms with Gasteiger partial charge in [-0.15, -0.1) is 0 Å². The average molecular weight is 200 g/mol. The molecule has 3 nitrogen and oxygen atoms in total. The van der Waals surface area contributed by atoms with Gasteiger partial charge in [0.2, 0.25) is 0 Å². The van der Waals surface area contributed by atoms with Crippen LogP contribution in [-0.4, -0.2) is 10.8 Å². The Morgan fingerprint density at radius 1 is 1.13 bits per heavy atom. The zero-order valence-corrected chi connectivity index (χ0v) is 8.18. The summed E-state index contributed by atoms with van der Waals surface area (Å²) >= 11 is 0. The Morgan fingerprint density at radius 2 is 1.87 bits per heavy atom. The molecule has 1 atom stereocenters. The van der Waals surface area contributed by atoms with Crippen LogP contribution >= 0.6 is 0 Å². The fraction of sp³-hybridized carbons (Fsp3) is 0.0833. The summed E-state index contributed by atoms with van der Waals surface area (Å²) < 4.78 is 0. The van der Waals surface area contributed by atoms with Crippen LogP contribution in [0.25, 0.3) is 0 Å². The Bertz CT molecular complexity index is 434. The maximum absolute atomic E-state index is 11.8. The third kappa shape index (κ3) is 1.97. The van der Waals surface area contributed by atoms with Gasteiger partial charge in [0.15, 0.2) is 5.78 Å². The van der Waals surface area contributed by atoms with Crippen LogP contribution in [0, 0.1) is 0 Å². The van der Waals surface area contributed by atoms with Crippen molar-refractivity contribution in [3.05, 3.63) is 59.9 Å². The molecule has 0 aliphatic carbocycles. The highest BCUT2D eigenvalue weighted by atomic mass is 16.1. The lowest BCUT2D eigenvalue weighted by atomic mass is 10.0. The number of aromatic nitrogens is 1. The SMILES string of the molecule is N[C@@H](C(=O)c1ccc[nH]1)c1ccccc1. The molecular formula is C12H12N2O. The molecule has 0 fully saturated rings. The molecule has 2 rings (SSSR count). The highest BCUT2D eigenvalue weighted by molar-refractivity contribution is 5.98. The van der Waals surface area contributed by atoms with Gasteiger partial charge in [-0.05, 0) is 17.7 Å². The van der Waals surface area contributed by atoms with Gasteiger partial charge in [0.05, 0.1) is 11.7 Å². The maximum Gasteiger partial charge on any atom is 0.200 e. The summed E-state index contributed by atoms with van der Waals surface area (Å²) in [7, 11) is 0.